The van der Waals surface area contributed by atoms with Crippen LogP contribution in [0.1, 0.15) is 11.5 Å². The summed E-state index contributed by atoms with van der Waals surface area (Å²) in [5.74, 6) is 0.0473. The standard InChI is InChI=1S/C16H12ClFN4O3/c17-11-5-9(1-2-12(11)18)25-7-14-21-15-10(16(24)22-14)3-4-20-13(15)6-19-8-23/h1-5,8H,6-7H2,(H,19,23)(H,21,22,24). The molecule has 7 nitrogen and oxygen atoms in total. The fourth-order valence-corrected chi connectivity index (χ4v) is 2.39. The van der Waals surface area contributed by atoms with Gasteiger partial charge in [0.15, 0.2) is 0 Å². The third kappa shape index (κ3) is 3.74. The van der Waals surface area contributed by atoms with Crippen molar-refractivity contribution in [3.63, 3.8) is 0 Å². The number of aromatic nitrogens is 3. The molecule has 0 atom stereocenters. The molecule has 0 saturated heterocycles. The fraction of sp³-hybridized carbons (Fsp3) is 0.125. The average molecular weight is 363 g/mol. The number of ether oxygens (including phenoxy) is 1. The molecule has 0 saturated carbocycles. The Bertz CT molecular complexity index is 993. The molecule has 0 bridgehead atoms. The van der Waals surface area contributed by atoms with Crippen LogP contribution in [0.3, 0.4) is 0 Å². The number of amides is 1. The molecule has 9 heteroatoms. The zero-order valence-electron chi connectivity index (χ0n) is 12.8. The zero-order valence-corrected chi connectivity index (χ0v) is 13.5. The van der Waals surface area contributed by atoms with Gasteiger partial charge in [0.1, 0.15) is 29.5 Å². The molecule has 0 aliphatic heterocycles. The Morgan fingerprint density at radius 3 is 2.96 bits per heavy atom. The molecule has 2 aromatic heterocycles. The van der Waals surface area contributed by atoms with Crippen molar-refractivity contribution >= 4 is 28.9 Å². The summed E-state index contributed by atoms with van der Waals surface area (Å²) >= 11 is 5.70. The maximum Gasteiger partial charge on any atom is 0.258 e. The quantitative estimate of drug-likeness (QED) is 0.653. The van der Waals surface area contributed by atoms with Crippen LogP contribution in [0.15, 0.2) is 35.3 Å². The van der Waals surface area contributed by atoms with E-state index in [4.69, 9.17) is 16.3 Å². The molecule has 1 aromatic carbocycles. The van der Waals surface area contributed by atoms with Gasteiger partial charge in [-0.25, -0.2) is 9.37 Å². The maximum atomic E-state index is 13.2. The van der Waals surface area contributed by atoms with E-state index in [1.165, 1.54) is 30.5 Å². The average Bonchev–Trinajstić information content (AvgIpc) is 2.61. The normalized spacial score (nSPS) is 10.6. The topological polar surface area (TPSA) is 97.0 Å². The Labute approximate surface area is 145 Å². The fourth-order valence-electron chi connectivity index (χ4n) is 2.22. The van der Waals surface area contributed by atoms with Crippen LogP contribution in [0.5, 0.6) is 5.75 Å². The predicted octanol–water partition coefficient (Wildman–Crippen LogP) is 1.94. The van der Waals surface area contributed by atoms with E-state index >= 15 is 0 Å². The molecule has 0 radical (unpaired) electrons. The summed E-state index contributed by atoms with van der Waals surface area (Å²) in [5, 5.41) is 2.78. The van der Waals surface area contributed by atoms with Gasteiger partial charge in [0.05, 0.1) is 22.6 Å². The number of rotatable bonds is 6. The van der Waals surface area contributed by atoms with E-state index in [0.717, 1.165) is 0 Å². The van der Waals surface area contributed by atoms with Gasteiger partial charge in [-0.3, -0.25) is 14.6 Å². The molecule has 0 unspecified atom stereocenters. The van der Waals surface area contributed by atoms with E-state index < -0.39 is 5.82 Å². The molecule has 0 fully saturated rings. The first-order valence-electron chi connectivity index (χ1n) is 7.20. The van der Waals surface area contributed by atoms with Crippen molar-refractivity contribution < 1.29 is 13.9 Å². The summed E-state index contributed by atoms with van der Waals surface area (Å²) in [7, 11) is 0. The molecule has 3 rings (SSSR count). The lowest BCUT2D eigenvalue weighted by atomic mass is 10.2. The first-order chi connectivity index (χ1) is 12.1. The van der Waals surface area contributed by atoms with Crippen LogP contribution in [0.25, 0.3) is 10.9 Å². The zero-order chi connectivity index (χ0) is 17.8. The lowest BCUT2D eigenvalue weighted by molar-refractivity contribution is -0.109. The number of nitrogens with zero attached hydrogens (tertiary/aromatic N) is 2. The van der Waals surface area contributed by atoms with Gasteiger partial charge in [0.25, 0.3) is 5.56 Å². The van der Waals surface area contributed by atoms with Gasteiger partial charge >= 0.3 is 0 Å². The molecular weight excluding hydrogens is 351 g/mol. The third-order valence-corrected chi connectivity index (χ3v) is 3.66. The second-order valence-electron chi connectivity index (χ2n) is 5.03. The molecule has 25 heavy (non-hydrogen) atoms. The van der Waals surface area contributed by atoms with E-state index in [1.807, 2.05) is 0 Å². The summed E-state index contributed by atoms with van der Waals surface area (Å²) in [6.07, 6.45) is 2.01. The van der Waals surface area contributed by atoms with Gasteiger partial charge in [-0.2, -0.15) is 0 Å². The number of carbonyl (C=O) groups excluding carboxylic acids is 1. The highest BCUT2D eigenvalue weighted by atomic mass is 35.5. The van der Waals surface area contributed by atoms with Crippen molar-refractivity contribution in [3.8, 4) is 5.75 Å². The molecule has 0 spiro atoms. The highest BCUT2D eigenvalue weighted by Crippen LogP contribution is 2.21. The van der Waals surface area contributed by atoms with Crippen LogP contribution < -0.4 is 15.6 Å². The SMILES string of the molecule is O=CNCc1nccc2c(=O)[nH]c(COc3ccc(F)c(Cl)c3)nc12. The molecule has 1 amide bonds. The van der Waals surface area contributed by atoms with Crippen molar-refractivity contribution in [3.05, 3.63) is 63.2 Å². The number of carbonyl (C=O) groups is 1. The van der Waals surface area contributed by atoms with Gasteiger partial charge in [0, 0.05) is 12.3 Å². The molecule has 128 valence electrons. The van der Waals surface area contributed by atoms with Crippen molar-refractivity contribution in [2.45, 2.75) is 13.2 Å². The van der Waals surface area contributed by atoms with Gasteiger partial charge in [-0.15, -0.1) is 0 Å². The minimum atomic E-state index is -0.551. The first kappa shape index (κ1) is 16.8. The highest BCUT2D eigenvalue weighted by molar-refractivity contribution is 6.30. The van der Waals surface area contributed by atoms with Crippen LogP contribution in [-0.2, 0) is 17.9 Å². The van der Waals surface area contributed by atoms with Crippen molar-refractivity contribution in [1.29, 1.82) is 0 Å². The first-order valence-corrected chi connectivity index (χ1v) is 7.58. The van der Waals surface area contributed by atoms with E-state index in [1.54, 1.807) is 0 Å². The minimum absolute atomic E-state index is 0.0530. The van der Waals surface area contributed by atoms with Gasteiger partial charge in [-0.05, 0) is 18.2 Å². The van der Waals surface area contributed by atoms with Gasteiger partial charge < -0.3 is 15.0 Å². The van der Waals surface area contributed by atoms with E-state index in [2.05, 4.69) is 20.3 Å². The molecular formula is C16H12ClFN4O3. The highest BCUT2D eigenvalue weighted by Gasteiger charge is 2.10. The monoisotopic (exact) mass is 362 g/mol. The van der Waals surface area contributed by atoms with Gasteiger partial charge in [0.2, 0.25) is 6.41 Å². The number of halogens is 2. The minimum Gasteiger partial charge on any atom is -0.486 e. The number of nitrogens with one attached hydrogen (secondary N) is 2. The van der Waals surface area contributed by atoms with E-state index in [0.29, 0.717) is 28.8 Å². The number of hydrogen-bond donors (Lipinski definition) is 2. The second-order valence-corrected chi connectivity index (χ2v) is 5.44. The molecule has 2 heterocycles. The summed E-state index contributed by atoms with van der Waals surface area (Å²) in [6.45, 7) is 0.0910. The predicted molar refractivity (Wildman–Crippen MR) is 88.8 cm³/mol. The summed E-state index contributed by atoms with van der Waals surface area (Å²) in [4.78, 5) is 33.8. The molecule has 3 aromatic rings. The number of aromatic amines is 1. The number of pyridine rings is 1. The molecule has 0 aliphatic carbocycles. The van der Waals surface area contributed by atoms with Crippen LogP contribution in [0.4, 0.5) is 4.39 Å². The Hall–Kier alpha value is -3.00. The molecule has 2 N–H and O–H groups in total. The number of hydrogen-bond acceptors (Lipinski definition) is 5. The van der Waals surface area contributed by atoms with Crippen LogP contribution in [-0.4, -0.2) is 21.4 Å². The maximum absolute atomic E-state index is 13.2. The summed E-state index contributed by atoms with van der Waals surface area (Å²) in [5.41, 5.74) is 0.480. The van der Waals surface area contributed by atoms with Crippen LogP contribution in [0, 0.1) is 5.82 Å². The summed E-state index contributed by atoms with van der Waals surface area (Å²) < 4.78 is 18.6. The van der Waals surface area contributed by atoms with Crippen molar-refractivity contribution in [1.82, 2.24) is 20.3 Å². The lowest BCUT2D eigenvalue weighted by Gasteiger charge is -2.08. The van der Waals surface area contributed by atoms with Crippen molar-refractivity contribution in [2.24, 2.45) is 0 Å². The number of fused-ring (bicyclic) bond motifs is 1. The van der Waals surface area contributed by atoms with E-state index in [-0.39, 0.29) is 29.6 Å². The van der Waals surface area contributed by atoms with E-state index in [9.17, 15) is 14.0 Å². The van der Waals surface area contributed by atoms with Crippen LogP contribution in [0.2, 0.25) is 5.02 Å². The smallest absolute Gasteiger partial charge is 0.258 e. The molecule has 0 aliphatic rings. The number of H-pyrrole nitrogens is 1. The van der Waals surface area contributed by atoms with Gasteiger partial charge in [-0.1, -0.05) is 11.6 Å². The summed E-state index contributed by atoms with van der Waals surface area (Å²) in [6, 6.07) is 5.47. The Morgan fingerprint density at radius 2 is 2.20 bits per heavy atom. The number of benzene rings is 1. The Kier molecular flexibility index (Phi) is 4.90. The largest absolute Gasteiger partial charge is 0.486 e. The second kappa shape index (κ2) is 7.27. The van der Waals surface area contributed by atoms with Crippen molar-refractivity contribution in [2.75, 3.05) is 0 Å². The Balaban J connectivity index is 1.89. The van der Waals surface area contributed by atoms with Crippen LogP contribution >= 0.6 is 11.6 Å². The Morgan fingerprint density at radius 1 is 1.36 bits per heavy atom. The lowest BCUT2D eigenvalue weighted by Crippen LogP contribution is -2.17. The third-order valence-electron chi connectivity index (χ3n) is 3.37.